The van der Waals surface area contributed by atoms with Crippen LogP contribution in [0, 0.1) is 6.92 Å². The van der Waals surface area contributed by atoms with Crippen LogP contribution in [-0.4, -0.2) is 56.1 Å². The number of carbonyl (C=O) groups is 2. The Morgan fingerprint density at radius 3 is 2.34 bits per heavy atom. The minimum absolute atomic E-state index is 0.0819. The molecule has 0 spiro atoms. The van der Waals surface area contributed by atoms with E-state index in [0.717, 1.165) is 22.4 Å². The third-order valence-electron chi connectivity index (χ3n) is 6.63. The number of amides is 1. The van der Waals surface area contributed by atoms with Gasteiger partial charge in [0.25, 0.3) is 11.7 Å². The second-order valence-corrected chi connectivity index (χ2v) is 9.63. The highest BCUT2D eigenvalue weighted by Gasteiger charge is 2.45. The molecule has 4 rings (SSSR count). The summed E-state index contributed by atoms with van der Waals surface area (Å²) >= 11 is 0. The maximum absolute atomic E-state index is 13.2. The number of Topliss-reactive ketones (excluding diaryl/α,β-unsaturated/α-hetero) is 1. The number of methoxy groups -OCH3 is 1. The zero-order valence-corrected chi connectivity index (χ0v) is 22.3. The van der Waals surface area contributed by atoms with Crippen LogP contribution in [0.1, 0.15) is 34.7 Å². The van der Waals surface area contributed by atoms with Crippen LogP contribution in [0.5, 0.6) is 5.75 Å². The number of likely N-dealkylation sites (tertiary alicyclic amines) is 1. The number of anilines is 1. The normalized spacial score (nSPS) is 16.6. The molecule has 0 bridgehead atoms. The molecule has 1 heterocycles. The van der Waals surface area contributed by atoms with Gasteiger partial charge in [0.05, 0.1) is 11.6 Å². The molecular weight excluding hydrogens is 480 g/mol. The average Bonchev–Trinajstić information content (AvgIpc) is 3.17. The van der Waals surface area contributed by atoms with Crippen molar-refractivity contribution in [3.8, 4) is 5.75 Å². The lowest BCUT2D eigenvalue weighted by molar-refractivity contribution is -0.140. The molecule has 1 aliphatic rings. The van der Waals surface area contributed by atoms with Crippen LogP contribution in [0.15, 0.2) is 78.4 Å². The first kappa shape index (κ1) is 26.9. The van der Waals surface area contributed by atoms with Crippen LogP contribution in [0.4, 0.5) is 5.69 Å². The van der Waals surface area contributed by atoms with Crippen molar-refractivity contribution >= 4 is 23.1 Å². The molecule has 1 fully saturated rings. The van der Waals surface area contributed by atoms with E-state index in [-0.39, 0.29) is 11.3 Å². The Hall–Kier alpha value is -4.10. The molecule has 1 N–H and O–H groups in total. The number of hydrogen-bond acceptors (Lipinski definition) is 6. The van der Waals surface area contributed by atoms with E-state index >= 15 is 0 Å². The lowest BCUT2D eigenvalue weighted by Gasteiger charge is -2.26. The molecule has 1 atom stereocenters. The highest BCUT2D eigenvalue weighted by atomic mass is 16.5. The third-order valence-corrected chi connectivity index (χ3v) is 6.63. The fourth-order valence-electron chi connectivity index (χ4n) is 4.62. The molecule has 0 saturated carbocycles. The van der Waals surface area contributed by atoms with Crippen molar-refractivity contribution in [1.29, 1.82) is 0 Å². The summed E-state index contributed by atoms with van der Waals surface area (Å²) in [5.41, 5.74) is 4.50. The molecule has 0 radical (unpaired) electrons. The van der Waals surface area contributed by atoms with E-state index in [9.17, 15) is 14.7 Å². The Morgan fingerprint density at radius 1 is 1.00 bits per heavy atom. The number of ketones is 1. The van der Waals surface area contributed by atoms with Gasteiger partial charge < -0.3 is 24.4 Å². The number of aryl methyl sites for hydroxylation is 1. The van der Waals surface area contributed by atoms with Crippen molar-refractivity contribution in [2.24, 2.45) is 0 Å². The number of benzene rings is 3. The Labute approximate surface area is 223 Å². The number of hydrogen-bond donors (Lipinski definition) is 1. The van der Waals surface area contributed by atoms with E-state index in [2.05, 4.69) is 6.07 Å². The number of aliphatic hydroxyl groups is 1. The monoisotopic (exact) mass is 514 g/mol. The summed E-state index contributed by atoms with van der Waals surface area (Å²) in [5.74, 6) is -0.882. The molecule has 7 heteroatoms. The molecule has 198 valence electrons. The number of rotatable bonds is 10. The molecule has 0 aliphatic carbocycles. The zero-order chi connectivity index (χ0) is 27.2. The van der Waals surface area contributed by atoms with Gasteiger partial charge in [-0.25, -0.2) is 0 Å². The van der Waals surface area contributed by atoms with Gasteiger partial charge in [-0.1, -0.05) is 42.0 Å². The van der Waals surface area contributed by atoms with Crippen molar-refractivity contribution in [3.05, 3.63) is 101 Å². The van der Waals surface area contributed by atoms with E-state index in [1.54, 1.807) is 31.4 Å². The van der Waals surface area contributed by atoms with Crippen LogP contribution in [-0.2, 0) is 20.9 Å². The molecule has 3 aromatic carbocycles. The SMILES string of the molecule is COCCCN1C(=O)C(=O)C(=C(O)c2ccc(OCc3cccc(C)c3)cc2)[C@H]1c1ccc(N(C)C)cc1. The minimum atomic E-state index is -0.694. The van der Waals surface area contributed by atoms with Crippen molar-refractivity contribution in [2.45, 2.75) is 26.0 Å². The first-order chi connectivity index (χ1) is 18.3. The summed E-state index contributed by atoms with van der Waals surface area (Å²) in [5, 5.41) is 11.3. The smallest absolute Gasteiger partial charge is 0.295 e. The largest absolute Gasteiger partial charge is 0.507 e. The van der Waals surface area contributed by atoms with Crippen LogP contribution in [0.3, 0.4) is 0 Å². The Balaban J connectivity index is 1.64. The first-order valence-electron chi connectivity index (χ1n) is 12.6. The number of nitrogens with zero attached hydrogens (tertiary/aromatic N) is 2. The quantitative estimate of drug-likeness (QED) is 0.176. The Bertz CT molecular complexity index is 1310. The van der Waals surface area contributed by atoms with Gasteiger partial charge in [-0.2, -0.15) is 0 Å². The lowest BCUT2D eigenvalue weighted by Crippen LogP contribution is -2.31. The molecule has 0 unspecified atom stereocenters. The van der Waals surface area contributed by atoms with Crippen molar-refractivity contribution in [3.63, 3.8) is 0 Å². The number of aliphatic hydroxyl groups excluding tert-OH is 1. The topological polar surface area (TPSA) is 79.3 Å². The highest BCUT2D eigenvalue weighted by Crippen LogP contribution is 2.40. The van der Waals surface area contributed by atoms with E-state index in [1.807, 2.05) is 68.4 Å². The van der Waals surface area contributed by atoms with Gasteiger partial charge in [-0.15, -0.1) is 0 Å². The predicted octanol–water partition coefficient (Wildman–Crippen LogP) is 5.10. The molecule has 1 amide bonds. The maximum atomic E-state index is 13.2. The van der Waals surface area contributed by atoms with E-state index in [1.165, 1.54) is 4.90 Å². The third kappa shape index (κ3) is 5.89. The molecule has 38 heavy (non-hydrogen) atoms. The van der Waals surface area contributed by atoms with Gasteiger partial charge in [-0.3, -0.25) is 9.59 Å². The molecule has 0 aromatic heterocycles. The van der Waals surface area contributed by atoms with Gasteiger partial charge in [-0.05, 0) is 60.9 Å². The van der Waals surface area contributed by atoms with Gasteiger partial charge in [0.2, 0.25) is 0 Å². The number of carbonyl (C=O) groups excluding carboxylic acids is 2. The summed E-state index contributed by atoms with van der Waals surface area (Å²) in [6.07, 6.45) is 0.572. The van der Waals surface area contributed by atoms with E-state index < -0.39 is 17.7 Å². The van der Waals surface area contributed by atoms with Crippen LogP contribution in [0.2, 0.25) is 0 Å². The van der Waals surface area contributed by atoms with Gasteiger partial charge in [0.15, 0.2) is 0 Å². The van der Waals surface area contributed by atoms with E-state index in [4.69, 9.17) is 9.47 Å². The lowest BCUT2D eigenvalue weighted by atomic mass is 9.95. The standard InChI is InChI=1S/C31H34N2O5/c1-21-7-5-8-22(19-21)20-38-26-15-11-24(12-16-26)29(34)27-28(23-9-13-25(14-10-23)32(2)3)33(17-6-18-37-4)31(36)30(27)35/h5,7-16,19,28,34H,6,17-18,20H2,1-4H3/t28-/m1/s1. The number of ether oxygens (including phenoxy) is 2. The van der Waals surface area contributed by atoms with Gasteiger partial charge >= 0.3 is 0 Å². The highest BCUT2D eigenvalue weighted by molar-refractivity contribution is 6.46. The maximum Gasteiger partial charge on any atom is 0.295 e. The van der Waals surface area contributed by atoms with Crippen LogP contribution >= 0.6 is 0 Å². The van der Waals surface area contributed by atoms with Crippen molar-refractivity contribution in [2.75, 3.05) is 39.3 Å². The summed E-state index contributed by atoms with van der Waals surface area (Å²) in [4.78, 5) is 29.8. The van der Waals surface area contributed by atoms with Crippen molar-refractivity contribution in [1.82, 2.24) is 4.90 Å². The van der Waals surface area contributed by atoms with Gasteiger partial charge in [0.1, 0.15) is 18.1 Å². The molecule has 7 nitrogen and oxygen atoms in total. The molecule has 1 saturated heterocycles. The average molecular weight is 515 g/mol. The van der Waals surface area contributed by atoms with Crippen LogP contribution < -0.4 is 9.64 Å². The molecular formula is C31H34N2O5. The summed E-state index contributed by atoms with van der Waals surface area (Å²) in [6.45, 7) is 3.25. The second kappa shape index (κ2) is 12.0. The van der Waals surface area contributed by atoms with E-state index in [0.29, 0.717) is 37.5 Å². The zero-order valence-electron chi connectivity index (χ0n) is 22.3. The molecule has 1 aliphatic heterocycles. The molecule has 3 aromatic rings. The summed E-state index contributed by atoms with van der Waals surface area (Å²) < 4.78 is 11.0. The van der Waals surface area contributed by atoms with Crippen LogP contribution in [0.25, 0.3) is 5.76 Å². The summed E-state index contributed by atoms with van der Waals surface area (Å²) in [6, 6.07) is 22.0. The fourth-order valence-corrected chi connectivity index (χ4v) is 4.62. The van der Waals surface area contributed by atoms with Gasteiger partial charge in [0, 0.05) is 45.6 Å². The second-order valence-electron chi connectivity index (χ2n) is 9.63. The fraction of sp³-hybridized carbons (Fsp3) is 0.290. The predicted molar refractivity (Wildman–Crippen MR) is 148 cm³/mol. The summed E-state index contributed by atoms with van der Waals surface area (Å²) in [7, 11) is 5.49. The Morgan fingerprint density at radius 2 is 1.71 bits per heavy atom. The minimum Gasteiger partial charge on any atom is -0.507 e. The Kier molecular flexibility index (Phi) is 8.48. The first-order valence-corrected chi connectivity index (χ1v) is 12.6. The van der Waals surface area contributed by atoms with Crippen molar-refractivity contribution < 1.29 is 24.2 Å².